The van der Waals surface area contributed by atoms with E-state index in [0.29, 0.717) is 0 Å². The molecule has 164 valence electrons. The molecule has 2 aliphatic carbocycles. The minimum atomic E-state index is 1.08. The van der Waals surface area contributed by atoms with Crippen LogP contribution in [0.1, 0.15) is 30.5 Å². The number of aromatic nitrogens is 1. The standard InChI is InChI=1S/C32H24BrN/c33-25-15-9-21(10-16-25)22-11-17-26(18-12-22)34-29-19-13-23-5-1-3-7-27(23)31(29)32-28-8-4-2-6-24(28)14-20-30(32)34/h1-3,5-7,9-13,15-19H,4,8,14,20H2. The molecule has 0 aliphatic heterocycles. The van der Waals surface area contributed by atoms with Crippen molar-refractivity contribution in [1.82, 2.24) is 4.57 Å². The van der Waals surface area contributed by atoms with Crippen LogP contribution in [-0.2, 0) is 6.42 Å². The summed E-state index contributed by atoms with van der Waals surface area (Å²) in [6.07, 6.45) is 9.21. The van der Waals surface area contributed by atoms with Crippen LogP contribution in [0.4, 0.5) is 0 Å². The summed E-state index contributed by atoms with van der Waals surface area (Å²) in [4.78, 5) is 0. The Kier molecular flexibility index (Phi) is 4.63. The number of allylic oxidation sites excluding steroid dienone is 4. The molecule has 0 N–H and O–H groups in total. The van der Waals surface area contributed by atoms with Crippen molar-refractivity contribution < 1.29 is 0 Å². The molecule has 0 saturated carbocycles. The van der Waals surface area contributed by atoms with Gasteiger partial charge in [0.15, 0.2) is 0 Å². The molecule has 0 spiro atoms. The largest absolute Gasteiger partial charge is 0.313 e. The van der Waals surface area contributed by atoms with Crippen molar-refractivity contribution in [2.24, 2.45) is 0 Å². The molecule has 0 atom stereocenters. The first-order valence-corrected chi connectivity index (χ1v) is 12.9. The summed E-state index contributed by atoms with van der Waals surface area (Å²) >= 11 is 3.54. The fourth-order valence-electron chi connectivity index (χ4n) is 5.90. The van der Waals surface area contributed by atoms with Crippen LogP contribution >= 0.6 is 15.9 Å². The number of rotatable bonds is 2. The van der Waals surface area contributed by atoms with E-state index in [-0.39, 0.29) is 0 Å². The molecule has 0 saturated heterocycles. The molecule has 5 aromatic rings. The van der Waals surface area contributed by atoms with E-state index >= 15 is 0 Å². The molecular formula is C32H24BrN. The maximum atomic E-state index is 3.54. The average Bonchev–Trinajstić information content (AvgIpc) is 3.24. The van der Waals surface area contributed by atoms with E-state index in [1.807, 2.05) is 0 Å². The predicted molar refractivity (Wildman–Crippen MR) is 148 cm³/mol. The first-order valence-electron chi connectivity index (χ1n) is 12.1. The van der Waals surface area contributed by atoms with E-state index in [4.69, 9.17) is 0 Å². The van der Waals surface area contributed by atoms with Gasteiger partial charge in [-0.1, -0.05) is 82.7 Å². The molecule has 0 fully saturated rings. The SMILES string of the molecule is Brc1ccc(-c2ccc(-n3c4c(c5c6ccccc6ccc53)C3=C(C=CCC3)CC4)cc2)cc1. The summed E-state index contributed by atoms with van der Waals surface area (Å²) in [6, 6.07) is 31.1. The van der Waals surface area contributed by atoms with E-state index < -0.39 is 0 Å². The number of hydrogen-bond acceptors (Lipinski definition) is 0. The van der Waals surface area contributed by atoms with Gasteiger partial charge in [0.2, 0.25) is 0 Å². The molecule has 1 heterocycles. The molecule has 4 aromatic carbocycles. The zero-order valence-electron chi connectivity index (χ0n) is 18.9. The van der Waals surface area contributed by atoms with Crippen molar-refractivity contribution in [2.75, 3.05) is 0 Å². The Morgan fingerprint density at radius 2 is 1.47 bits per heavy atom. The Bertz CT molecular complexity index is 1630. The third-order valence-electron chi connectivity index (χ3n) is 7.46. The highest BCUT2D eigenvalue weighted by atomic mass is 79.9. The van der Waals surface area contributed by atoms with Crippen molar-refractivity contribution in [2.45, 2.75) is 25.7 Å². The smallest absolute Gasteiger partial charge is 0.0544 e. The van der Waals surface area contributed by atoms with Crippen molar-refractivity contribution in [3.63, 3.8) is 0 Å². The van der Waals surface area contributed by atoms with Gasteiger partial charge in [0, 0.05) is 26.8 Å². The van der Waals surface area contributed by atoms with Crippen molar-refractivity contribution in [3.05, 3.63) is 118 Å². The fraction of sp³-hybridized carbons (Fsp3) is 0.125. The van der Waals surface area contributed by atoms with Gasteiger partial charge in [-0.15, -0.1) is 0 Å². The van der Waals surface area contributed by atoms with Gasteiger partial charge < -0.3 is 4.57 Å². The number of fused-ring (bicyclic) bond motifs is 6. The highest BCUT2D eigenvalue weighted by Gasteiger charge is 2.27. The second kappa shape index (κ2) is 7.85. The number of benzene rings is 4. The van der Waals surface area contributed by atoms with E-state index in [1.165, 1.54) is 55.3 Å². The average molecular weight is 502 g/mol. The van der Waals surface area contributed by atoms with E-state index in [9.17, 15) is 0 Å². The van der Waals surface area contributed by atoms with Gasteiger partial charge in [-0.3, -0.25) is 0 Å². The van der Waals surface area contributed by atoms with E-state index in [0.717, 1.165) is 30.2 Å². The van der Waals surface area contributed by atoms with Crippen molar-refractivity contribution >= 4 is 43.2 Å². The molecule has 0 radical (unpaired) electrons. The lowest BCUT2D eigenvalue weighted by molar-refractivity contribution is 0.842. The zero-order valence-corrected chi connectivity index (χ0v) is 20.5. The monoisotopic (exact) mass is 501 g/mol. The number of hydrogen-bond donors (Lipinski definition) is 0. The van der Waals surface area contributed by atoms with Crippen LogP contribution in [0.25, 0.3) is 44.1 Å². The Labute approximate surface area is 208 Å². The minimum absolute atomic E-state index is 1.08. The summed E-state index contributed by atoms with van der Waals surface area (Å²) in [7, 11) is 0. The molecule has 1 aromatic heterocycles. The molecular weight excluding hydrogens is 478 g/mol. The van der Waals surface area contributed by atoms with Crippen molar-refractivity contribution in [3.8, 4) is 16.8 Å². The third kappa shape index (κ3) is 3.05. The molecule has 1 nitrogen and oxygen atoms in total. The van der Waals surface area contributed by atoms with Gasteiger partial charge in [0.05, 0.1) is 5.52 Å². The summed E-state index contributed by atoms with van der Waals surface area (Å²) < 4.78 is 3.64. The van der Waals surface area contributed by atoms with Crippen LogP contribution in [0.3, 0.4) is 0 Å². The molecule has 0 unspecified atom stereocenters. The normalized spacial score (nSPS) is 15.1. The lowest BCUT2D eigenvalue weighted by Crippen LogP contribution is -2.09. The third-order valence-corrected chi connectivity index (χ3v) is 7.99. The second-order valence-electron chi connectivity index (χ2n) is 9.34. The molecule has 2 aliphatic rings. The number of nitrogens with zero attached hydrogens (tertiary/aromatic N) is 1. The van der Waals surface area contributed by atoms with Crippen molar-refractivity contribution in [1.29, 1.82) is 0 Å². The quantitative estimate of drug-likeness (QED) is 0.227. The van der Waals surface area contributed by atoms with Crippen LogP contribution in [0.5, 0.6) is 0 Å². The minimum Gasteiger partial charge on any atom is -0.313 e. The van der Waals surface area contributed by atoms with Crippen LogP contribution in [-0.4, -0.2) is 4.57 Å². The molecule has 2 heteroatoms. The summed E-state index contributed by atoms with van der Waals surface area (Å²) in [5.74, 6) is 0. The summed E-state index contributed by atoms with van der Waals surface area (Å²) in [5.41, 5.74) is 11.1. The highest BCUT2D eigenvalue weighted by Crippen LogP contribution is 2.46. The molecule has 0 bridgehead atoms. The number of halogens is 1. The Hall–Kier alpha value is -3.36. The summed E-state index contributed by atoms with van der Waals surface area (Å²) in [6.45, 7) is 0. The summed E-state index contributed by atoms with van der Waals surface area (Å²) in [5, 5.41) is 4.11. The lowest BCUT2D eigenvalue weighted by Gasteiger charge is -2.24. The maximum absolute atomic E-state index is 3.54. The first kappa shape index (κ1) is 20.1. The van der Waals surface area contributed by atoms with E-state index in [1.54, 1.807) is 5.57 Å². The zero-order chi connectivity index (χ0) is 22.6. The van der Waals surface area contributed by atoms with Crippen LogP contribution in [0.15, 0.2) is 107 Å². The van der Waals surface area contributed by atoms with Crippen LogP contribution in [0.2, 0.25) is 0 Å². The van der Waals surface area contributed by atoms with Gasteiger partial charge in [0.25, 0.3) is 0 Å². The molecule has 0 amide bonds. The van der Waals surface area contributed by atoms with Gasteiger partial charge >= 0.3 is 0 Å². The Balaban J connectivity index is 1.48. The maximum Gasteiger partial charge on any atom is 0.0544 e. The fourth-order valence-corrected chi connectivity index (χ4v) is 6.16. The van der Waals surface area contributed by atoms with E-state index in [2.05, 4.69) is 118 Å². The lowest BCUT2D eigenvalue weighted by atomic mass is 9.82. The topological polar surface area (TPSA) is 4.93 Å². The Morgan fingerprint density at radius 3 is 2.29 bits per heavy atom. The van der Waals surface area contributed by atoms with Gasteiger partial charge in [0.1, 0.15) is 0 Å². The van der Waals surface area contributed by atoms with Gasteiger partial charge in [-0.25, -0.2) is 0 Å². The van der Waals surface area contributed by atoms with Crippen LogP contribution < -0.4 is 0 Å². The highest BCUT2D eigenvalue weighted by molar-refractivity contribution is 9.10. The van der Waals surface area contributed by atoms with Gasteiger partial charge in [-0.05, 0) is 89.1 Å². The predicted octanol–water partition coefficient (Wildman–Crippen LogP) is 9.26. The first-order chi connectivity index (χ1) is 16.8. The van der Waals surface area contributed by atoms with Gasteiger partial charge in [-0.2, -0.15) is 0 Å². The second-order valence-corrected chi connectivity index (χ2v) is 10.3. The molecule has 7 rings (SSSR count). The van der Waals surface area contributed by atoms with Crippen LogP contribution in [0, 0.1) is 0 Å². The molecule has 34 heavy (non-hydrogen) atoms. The Morgan fingerprint density at radius 1 is 0.706 bits per heavy atom.